The van der Waals surface area contributed by atoms with Crippen LogP contribution in [-0.4, -0.2) is 49.2 Å². The minimum absolute atomic E-state index is 0.250. The number of carbonyl (C=O) groups excluding carboxylic acids is 1. The highest BCUT2D eigenvalue weighted by molar-refractivity contribution is 5.84. The summed E-state index contributed by atoms with van der Waals surface area (Å²) >= 11 is 0. The minimum atomic E-state index is -5.86. The van der Waals surface area contributed by atoms with E-state index in [4.69, 9.17) is 4.74 Å². The van der Waals surface area contributed by atoms with E-state index in [2.05, 4.69) is 0 Å². The Kier molecular flexibility index (Phi) is 3.95. The highest BCUT2D eigenvalue weighted by Crippen LogP contribution is 2.37. The molecular weight excluding hydrogens is 249 g/mol. The average molecular weight is 261 g/mol. The van der Waals surface area contributed by atoms with Gasteiger partial charge in [0.2, 0.25) is 0 Å². The summed E-state index contributed by atoms with van der Waals surface area (Å²) in [5.41, 5.74) is 0. The molecule has 0 aliphatic carbocycles. The molecule has 1 fully saturated rings. The largest absolute Gasteiger partial charge is 0.463 e. The van der Waals surface area contributed by atoms with Gasteiger partial charge in [-0.25, -0.2) is 0 Å². The Labute approximate surface area is 94.5 Å². The van der Waals surface area contributed by atoms with Crippen molar-refractivity contribution in [1.82, 2.24) is 4.90 Å². The Morgan fingerprint density at radius 3 is 2.06 bits per heavy atom. The highest BCUT2D eigenvalue weighted by atomic mass is 19.4. The molecule has 0 unspecified atom stereocenters. The van der Waals surface area contributed by atoms with Crippen LogP contribution in [0.25, 0.3) is 0 Å². The zero-order valence-corrected chi connectivity index (χ0v) is 9.06. The molecule has 1 heterocycles. The molecule has 17 heavy (non-hydrogen) atoms. The quantitative estimate of drug-likeness (QED) is 0.710. The van der Waals surface area contributed by atoms with E-state index in [0.717, 1.165) is 7.05 Å². The summed E-state index contributed by atoms with van der Waals surface area (Å²) in [6, 6.07) is -0.635. The van der Waals surface area contributed by atoms with Gasteiger partial charge in [-0.05, 0) is 12.8 Å². The third-order valence-corrected chi connectivity index (χ3v) is 2.68. The molecule has 0 atom stereocenters. The van der Waals surface area contributed by atoms with Gasteiger partial charge in [0.15, 0.2) is 0 Å². The van der Waals surface area contributed by atoms with Gasteiger partial charge in [-0.15, -0.1) is 0 Å². The molecule has 0 saturated carbocycles. The van der Waals surface area contributed by atoms with E-state index in [1.165, 1.54) is 0 Å². The Balaban J connectivity index is 2.74. The van der Waals surface area contributed by atoms with E-state index >= 15 is 0 Å². The summed E-state index contributed by atoms with van der Waals surface area (Å²) < 4.78 is 66.5. The zero-order valence-electron chi connectivity index (χ0n) is 9.06. The van der Waals surface area contributed by atoms with Crippen molar-refractivity contribution in [3.8, 4) is 0 Å². The van der Waals surface area contributed by atoms with Gasteiger partial charge in [0.25, 0.3) is 0 Å². The molecule has 0 aromatic rings. The molecular formula is C9H12F5NO2. The molecule has 100 valence electrons. The van der Waals surface area contributed by atoms with Gasteiger partial charge in [0.05, 0.1) is 0 Å². The van der Waals surface area contributed by atoms with Gasteiger partial charge in [-0.3, -0.25) is 4.79 Å². The van der Waals surface area contributed by atoms with Gasteiger partial charge in [0.1, 0.15) is 0 Å². The fourth-order valence-electron chi connectivity index (χ4n) is 1.58. The fourth-order valence-corrected chi connectivity index (χ4v) is 1.58. The second-order valence-corrected chi connectivity index (χ2v) is 3.83. The summed E-state index contributed by atoms with van der Waals surface area (Å²) in [5.74, 6) is -7.54. The average Bonchev–Trinajstić information content (AvgIpc) is 2.26. The number of hydrogen-bond donors (Lipinski definition) is 0. The number of rotatable bonds is 2. The molecule has 0 N–H and O–H groups in total. The van der Waals surface area contributed by atoms with Crippen LogP contribution < -0.4 is 0 Å². The standard InChI is InChI=1S/C9H12F5NO2/c1-15(6-2-4-17-5-3-6)7(16)8(10,11)9(12,13)14/h6H,2-5H2,1H3. The van der Waals surface area contributed by atoms with Crippen molar-refractivity contribution < 1.29 is 31.5 Å². The molecule has 0 radical (unpaired) electrons. The lowest BCUT2D eigenvalue weighted by Gasteiger charge is -2.33. The maximum atomic E-state index is 12.8. The maximum Gasteiger partial charge on any atom is 0.463 e. The van der Waals surface area contributed by atoms with Crippen LogP contribution >= 0.6 is 0 Å². The molecule has 1 rings (SSSR count). The number of hydrogen-bond acceptors (Lipinski definition) is 2. The molecule has 1 aliphatic heterocycles. The Bertz CT molecular complexity index is 286. The summed E-state index contributed by atoms with van der Waals surface area (Å²) in [6.07, 6.45) is -5.34. The van der Waals surface area contributed by atoms with Gasteiger partial charge < -0.3 is 9.64 Å². The Morgan fingerprint density at radius 1 is 1.18 bits per heavy atom. The number of alkyl halides is 5. The normalized spacial score (nSPS) is 19.2. The zero-order chi connectivity index (χ0) is 13.3. The smallest absolute Gasteiger partial charge is 0.381 e. The maximum absolute atomic E-state index is 12.8. The van der Waals surface area contributed by atoms with Crippen LogP contribution in [0.4, 0.5) is 22.0 Å². The third kappa shape index (κ3) is 2.85. The van der Waals surface area contributed by atoms with E-state index in [1.807, 2.05) is 0 Å². The van der Waals surface area contributed by atoms with Crippen LogP contribution in [0.2, 0.25) is 0 Å². The van der Waals surface area contributed by atoms with Gasteiger partial charge in [0, 0.05) is 26.3 Å². The molecule has 1 saturated heterocycles. The van der Waals surface area contributed by atoms with Crippen molar-refractivity contribution >= 4 is 5.91 Å². The first-order valence-corrected chi connectivity index (χ1v) is 4.97. The minimum Gasteiger partial charge on any atom is -0.381 e. The molecule has 0 aromatic heterocycles. The van der Waals surface area contributed by atoms with Crippen LogP contribution in [-0.2, 0) is 9.53 Å². The second-order valence-electron chi connectivity index (χ2n) is 3.83. The monoisotopic (exact) mass is 261 g/mol. The number of amides is 1. The van der Waals surface area contributed by atoms with Crippen LogP contribution in [0.5, 0.6) is 0 Å². The van der Waals surface area contributed by atoms with E-state index in [0.29, 0.717) is 4.90 Å². The van der Waals surface area contributed by atoms with E-state index in [-0.39, 0.29) is 26.1 Å². The van der Waals surface area contributed by atoms with Crippen molar-refractivity contribution in [2.75, 3.05) is 20.3 Å². The molecule has 1 amide bonds. The lowest BCUT2D eigenvalue weighted by atomic mass is 10.1. The van der Waals surface area contributed by atoms with Crippen molar-refractivity contribution in [1.29, 1.82) is 0 Å². The fraction of sp³-hybridized carbons (Fsp3) is 0.889. The molecule has 0 bridgehead atoms. The number of carbonyl (C=O) groups is 1. The molecule has 3 nitrogen and oxygen atoms in total. The van der Waals surface area contributed by atoms with Crippen LogP contribution in [0.15, 0.2) is 0 Å². The van der Waals surface area contributed by atoms with Crippen molar-refractivity contribution in [3.63, 3.8) is 0 Å². The van der Waals surface area contributed by atoms with E-state index < -0.39 is 24.0 Å². The van der Waals surface area contributed by atoms with Crippen LogP contribution in [0, 0.1) is 0 Å². The van der Waals surface area contributed by atoms with E-state index in [1.54, 1.807) is 0 Å². The van der Waals surface area contributed by atoms with Gasteiger partial charge in [-0.2, -0.15) is 22.0 Å². The van der Waals surface area contributed by atoms with E-state index in [9.17, 15) is 26.7 Å². The van der Waals surface area contributed by atoms with Crippen LogP contribution in [0.1, 0.15) is 12.8 Å². The molecule has 0 aromatic carbocycles. The first kappa shape index (κ1) is 14.1. The summed E-state index contributed by atoms with van der Waals surface area (Å²) in [7, 11) is 0.956. The summed E-state index contributed by atoms with van der Waals surface area (Å²) in [4.78, 5) is 11.6. The van der Waals surface area contributed by atoms with Crippen molar-refractivity contribution in [2.24, 2.45) is 0 Å². The first-order valence-electron chi connectivity index (χ1n) is 4.97. The first-order chi connectivity index (χ1) is 7.68. The lowest BCUT2D eigenvalue weighted by Crippen LogP contribution is -2.54. The van der Waals surface area contributed by atoms with Gasteiger partial charge in [-0.1, -0.05) is 0 Å². The summed E-state index contributed by atoms with van der Waals surface area (Å²) in [6.45, 7) is 0.500. The SMILES string of the molecule is CN(C(=O)C(F)(F)C(F)(F)F)C1CCOCC1. The molecule has 0 spiro atoms. The Morgan fingerprint density at radius 2 is 1.65 bits per heavy atom. The van der Waals surface area contributed by atoms with Gasteiger partial charge >= 0.3 is 18.0 Å². The second kappa shape index (κ2) is 4.75. The van der Waals surface area contributed by atoms with Crippen molar-refractivity contribution in [2.45, 2.75) is 31.0 Å². The van der Waals surface area contributed by atoms with Crippen molar-refractivity contribution in [3.05, 3.63) is 0 Å². The third-order valence-electron chi connectivity index (χ3n) is 2.68. The lowest BCUT2D eigenvalue weighted by molar-refractivity contribution is -0.275. The predicted molar refractivity (Wildman–Crippen MR) is 47.6 cm³/mol. The number of halogens is 5. The highest BCUT2D eigenvalue weighted by Gasteiger charge is 2.64. The number of ether oxygens (including phenoxy) is 1. The Hall–Kier alpha value is -0.920. The number of nitrogens with zero attached hydrogens (tertiary/aromatic N) is 1. The van der Waals surface area contributed by atoms with Crippen LogP contribution in [0.3, 0.4) is 0 Å². The molecule has 8 heteroatoms. The summed E-state index contributed by atoms with van der Waals surface area (Å²) in [5, 5.41) is 0. The predicted octanol–water partition coefficient (Wildman–Crippen LogP) is 1.82. The topological polar surface area (TPSA) is 29.5 Å². The molecule has 1 aliphatic rings.